The highest BCUT2D eigenvalue weighted by molar-refractivity contribution is 5.94. The number of hydrogen-bond acceptors (Lipinski definition) is 3. The Bertz CT molecular complexity index is 466. The van der Waals surface area contributed by atoms with Gasteiger partial charge in [0.15, 0.2) is 0 Å². The second-order valence-electron chi connectivity index (χ2n) is 4.25. The lowest BCUT2D eigenvalue weighted by Crippen LogP contribution is -2.37. The molecule has 0 aromatic heterocycles. The SMILES string of the molecule is NCCCN(C(=O)COCC(F)(F)F)c1ccccc1F. The maximum Gasteiger partial charge on any atom is 0.411 e. The molecular weight excluding hydrogens is 292 g/mol. The van der Waals surface area contributed by atoms with Gasteiger partial charge in [-0.3, -0.25) is 4.79 Å². The van der Waals surface area contributed by atoms with Crippen LogP contribution < -0.4 is 10.6 Å². The van der Waals surface area contributed by atoms with Crippen molar-refractivity contribution in [1.29, 1.82) is 0 Å². The van der Waals surface area contributed by atoms with Gasteiger partial charge >= 0.3 is 6.18 Å². The third-order valence-electron chi connectivity index (χ3n) is 2.52. The summed E-state index contributed by atoms with van der Waals surface area (Å²) in [6.07, 6.45) is -4.13. The average Bonchev–Trinajstić information content (AvgIpc) is 2.39. The minimum atomic E-state index is -4.51. The van der Waals surface area contributed by atoms with Crippen LogP contribution in [0.3, 0.4) is 0 Å². The second kappa shape index (κ2) is 7.94. The van der Waals surface area contributed by atoms with Gasteiger partial charge in [0.25, 0.3) is 5.91 Å². The Hall–Kier alpha value is -1.67. The summed E-state index contributed by atoms with van der Waals surface area (Å²) in [4.78, 5) is 13.0. The first-order chi connectivity index (χ1) is 9.85. The first-order valence-electron chi connectivity index (χ1n) is 6.24. The van der Waals surface area contributed by atoms with Crippen molar-refractivity contribution in [1.82, 2.24) is 0 Å². The molecule has 0 atom stereocenters. The van der Waals surface area contributed by atoms with Gasteiger partial charge in [0, 0.05) is 6.54 Å². The van der Waals surface area contributed by atoms with Crippen LogP contribution >= 0.6 is 0 Å². The first kappa shape index (κ1) is 17.4. The quantitative estimate of drug-likeness (QED) is 0.785. The largest absolute Gasteiger partial charge is 0.411 e. The van der Waals surface area contributed by atoms with Crippen molar-refractivity contribution < 1.29 is 27.1 Å². The molecule has 0 heterocycles. The summed E-state index contributed by atoms with van der Waals surface area (Å²) in [6.45, 7) is -1.94. The molecule has 0 fully saturated rings. The van der Waals surface area contributed by atoms with Gasteiger partial charge < -0.3 is 15.4 Å². The van der Waals surface area contributed by atoms with E-state index < -0.39 is 31.1 Å². The Morgan fingerprint density at radius 2 is 1.95 bits per heavy atom. The number of ether oxygens (including phenoxy) is 1. The molecule has 1 rings (SSSR count). The molecule has 0 saturated heterocycles. The van der Waals surface area contributed by atoms with Gasteiger partial charge in [0.2, 0.25) is 0 Å². The molecule has 1 aromatic carbocycles. The molecule has 0 saturated carbocycles. The van der Waals surface area contributed by atoms with E-state index >= 15 is 0 Å². The van der Waals surface area contributed by atoms with Crippen LogP contribution in [0.15, 0.2) is 24.3 Å². The standard InChI is InChI=1S/C13H16F4N2O2/c14-10-4-1-2-5-11(10)19(7-3-6-18)12(20)8-21-9-13(15,16)17/h1-2,4-5H,3,6-9,18H2. The Labute approximate surface area is 119 Å². The molecular formula is C13H16F4N2O2. The molecule has 0 aliphatic heterocycles. The average molecular weight is 308 g/mol. The molecule has 118 valence electrons. The van der Waals surface area contributed by atoms with E-state index in [2.05, 4.69) is 4.74 Å². The molecule has 4 nitrogen and oxygen atoms in total. The van der Waals surface area contributed by atoms with E-state index in [1.807, 2.05) is 0 Å². The number of para-hydroxylation sites is 1. The number of rotatable bonds is 7. The summed E-state index contributed by atoms with van der Waals surface area (Å²) in [5, 5.41) is 0. The topological polar surface area (TPSA) is 55.6 Å². The van der Waals surface area contributed by atoms with Crippen LogP contribution in [-0.4, -0.2) is 38.4 Å². The number of carbonyl (C=O) groups excluding carboxylic acids is 1. The number of nitrogens with two attached hydrogens (primary N) is 1. The van der Waals surface area contributed by atoms with E-state index in [0.717, 1.165) is 11.0 Å². The van der Waals surface area contributed by atoms with Crippen molar-refractivity contribution in [2.75, 3.05) is 31.2 Å². The van der Waals surface area contributed by atoms with E-state index in [1.54, 1.807) is 0 Å². The van der Waals surface area contributed by atoms with Gasteiger partial charge in [-0.1, -0.05) is 12.1 Å². The highest BCUT2D eigenvalue weighted by Crippen LogP contribution is 2.20. The minimum Gasteiger partial charge on any atom is -0.362 e. The van der Waals surface area contributed by atoms with Crippen molar-refractivity contribution in [2.45, 2.75) is 12.6 Å². The van der Waals surface area contributed by atoms with Gasteiger partial charge in [-0.2, -0.15) is 13.2 Å². The van der Waals surface area contributed by atoms with Crippen molar-refractivity contribution in [3.8, 4) is 0 Å². The van der Waals surface area contributed by atoms with Crippen molar-refractivity contribution in [3.63, 3.8) is 0 Å². The maximum absolute atomic E-state index is 13.7. The number of halogens is 4. The van der Waals surface area contributed by atoms with E-state index in [9.17, 15) is 22.4 Å². The molecule has 0 spiro atoms. The lowest BCUT2D eigenvalue weighted by molar-refractivity contribution is -0.175. The maximum atomic E-state index is 13.7. The van der Waals surface area contributed by atoms with Crippen LogP contribution in [0, 0.1) is 5.82 Å². The molecule has 0 unspecified atom stereocenters. The van der Waals surface area contributed by atoms with E-state index in [-0.39, 0.29) is 18.8 Å². The van der Waals surface area contributed by atoms with E-state index in [1.165, 1.54) is 18.2 Å². The fourth-order valence-electron chi connectivity index (χ4n) is 1.63. The lowest BCUT2D eigenvalue weighted by Gasteiger charge is -2.23. The normalized spacial score (nSPS) is 11.5. The summed E-state index contributed by atoms with van der Waals surface area (Å²) >= 11 is 0. The predicted molar refractivity (Wildman–Crippen MR) is 69.3 cm³/mol. The Morgan fingerprint density at radius 3 is 2.52 bits per heavy atom. The summed E-state index contributed by atoms with van der Waals surface area (Å²) < 4.78 is 53.9. The molecule has 21 heavy (non-hydrogen) atoms. The summed E-state index contributed by atoms with van der Waals surface area (Å²) in [5.74, 6) is -1.39. The Kier molecular flexibility index (Phi) is 6.57. The van der Waals surface area contributed by atoms with Gasteiger partial charge in [-0.25, -0.2) is 4.39 Å². The Balaban J connectivity index is 2.73. The molecule has 2 N–H and O–H groups in total. The number of benzene rings is 1. The van der Waals surface area contributed by atoms with Crippen LogP contribution in [0.4, 0.5) is 23.2 Å². The van der Waals surface area contributed by atoms with E-state index in [4.69, 9.17) is 5.73 Å². The zero-order valence-corrected chi connectivity index (χ0v) is 11.2. The van der Waals surface area contributed by atoms with Crippen molar-refractivity contribution >= 4 is 11.6 Å². The smallest absolute Gasteiger partial charge is 0.362 e. The fraction of sp³-hybridized carbons (Fsp3) is 0.462. The number of amides is 1. The van der Waals surface area contributed by atoms with Crippen LogP contribution in [0.2, 0.25) is 0 Å². The zero-order valence-electron chi connectivity index (χ0n) is 11.2. The van der Waals surface area contributed by atoms with Crippen LogP contribution in [0.5, 0.6) is 0 Å². The number of carbonyl (C=O) groups is 1. The minimum absolute atomic E-state index is 0.00782. The zero-order chi connectivity index (χ0) is 15.9. The fourth-order valence-corrected chi connectivity index (χ4v) is 1.63. The second-order valence-corrected chi connectivity index (χ2v) is 4.25. The first-order valence-corrected chi connectivity index (χ1v) is 6.24. The molecule has 0 radical (unpaired) electrons. The third-order valence-corrected chi connectivity index (χ3v) is 2.52. The Morgan fingerprint density at radius 1 is 1.29 bits per heavy atom. The van der Waals surface area contributed by atoms with Crippen LogP contribution in [0.25, 0.3) is 0 Å². The van der Waals surface area contributed by atoms with Gasteiger partial charge in [0.1, 0.15) is 19.0 Å². The summed E-state index contributed by atoms with van der Waals surface area (Å²) in [6, 6.07) is 5.50. The van der Waals surface area contributed by atoms with Gasteiger partial charge in [-0.05, 0) is 25.1 Å². The number of nitrogens with zero attached hydrogens (tertiary/aromatic N) is 1. The van der Waals surface area contributed by atoms with E-state index in [0.29, 0.717) is 6.42 Å². The van der Waals surface area contributed by atoms with Gasteiger partial charge in [0.05, 0.1) is 5.69 Å². The molecule has 8 heteroatoms. The molecule has 0 bridgehead atoms. The van der Waals surface area contributed by atoms with Gasteiger partial charge in [-0.15, -0.1) is 0 Å². The van der Waals surface area contributed by atoms with Crippen LogP contribution in [-0.2, 0) is 9.53 Å². The summed E-state index contributed by atoms with van der Waals surface area (Å²) in [5.41, 5.74) is 5.33. The van der Waals surface area contributed by atoms with Crippen LogP contribution in [0.1, 0.15) is 6.42 Å². The highest BCUT2D eigenvalue weighted by atomic mass is 19.4. The number of anilines is 1. The highest BCUT2D eigenvalue weighted by Gasteiger charge is 2.28. The molecule has 1 amide bonds. The molecule has 0 aliphatic carbocycles. The lowest BCUT2D eigenvalue weighted by atomic mass is 10.2. The number of hydrogen-bond donors (Lipinski definition) is 1. The van der Waals surface area contributed by atoms with Crippen molar-refractivity contribution in [3.05, 3.63) is 30.1 Å². The van der Waals surface area contributed by atoms with Crippen molar-refractivity contribution in [2.24, 2.45) is 5.73 Å². The molecule has 0 aliphatic rings. The molecule has 1 aromatic rings. The predicted octanol–water partition coefficient (Wildman–Crippen LogP) is 2.09. The third kappa shape index (κ3) is 6.09. The monoisotopic (exact) mass is 308 g/mol. The number of alkyl halides is 3. The summed E-state index contributed by atoms with van der Waals surface area (Å²) in [7, 11) is 0.